The first-order chi connectivity index (χ1) is 7.15. The molecule has 0 amide bonds. The SMILES string of the molecule is CNCOC(C)c1ccc(C(=O)O)cc1. The van der Waals surface area contributed by atoms with E-state index in [0.29, 0.717) is 12.3 Å². The van der Waals surface area contributed by atoms with Crippen LogP contribution in [0.1, 0.15) is 28.9 Å². The molecule has 0 saturated carbocycles. The summed E-state index contributed by atoms with van der Waals surface area (Å²) in [6, 6.07) is 6.70. The highest BCUT2D eigenvalue weighted by atomic mass is 16.5. The van der Waals surface area contributed by atoms with Gasteiger partial charge in [-0.25, -0.2) is 4.79 Å². The Kier molecular flexibility index (Phi) is 4.27. The van der Waals surface area contributed by atoms with Gasteiger partial charge in [-0.3, -0.25) is 5.32 Å². The van der Waals surface area contributed by atoms with Crippen LogP contribution in [0.25, 0.3) is 0 Å². The van der Waals surface area contributed by atoms with Crippen LogP contribution in [0.3, 0.4) is 0 Å². The molecular weight excluding hydrogens is 194 g/mol. The second kappa shape index (κ2) is 5.48. The van der Waals surface area contributed by atoms with Crippen LogP contribution in [-0.4, -0.2) is 24.9 Å². The minimum absolute atomic E-state index is 0.0414. The lowest BCUT2D eigenvalue weighted by molar-refractivity contribution is 0.0557. The summed E-state index contributed by atoms with van der Waals surface area (Å²) in [6.45, 7) is 2.40. The zero-order chi connectivity index (χ0) is 11.3. The number of hydrogen-bond acceptors (Lipinski definition) is 3. The van der Waals surface area contributed by atoms with Gasteiger partial charge in [-0.2, -0.15) is 0 Å². The molecule has 0 heterocycles. The lowest BCUT2D eigenvalue weighted by atomic mass is 10.1. The topological polar surface area (TPSA) is 58.6 Å². The average molecular weight is 209 g/mol. The van der Waals surface area contributed by atoms with Crippen LogP contribution in [0.2, 0.25) is 0 Å². The zero-order valence-corrected chi connectivity index (χ0v) is 8.86. The van der Waals surface area contributed by atoms with Crippen LogP contribution >= 0.6 is 0 Å². The molecule has 2 N–H and O–H groups in total. The van der Waals surface area contributed by atoms with Crippen molar-refractivity contribution >= 4 is 5.97 Å². The van der Waals surface area contributed by atoms with Crippen molar-refractivity contribution in [1.29, 1.82) is 0 Å². The number of hydrogen-bond donors (Lipinski definition) is 2. The van der Waals surface area contributed by atoms with E-state index in [1.165, 1.54) is 0 Å². The van der Waals surface area contributed by atoms with Crippen molar-refractivity contribution in [3.8, 4) is 0 Å². The molecule has 0 aliphatic rings. The number of ether oxygens (including phenoxy) is 1. The predicted octanol–water partition coefficient (Wildman–Crippen LogP) is 1.64. The monoisotopic (exact) mass is 209 g/mol. The maximum absolute atomic E-state index is 10.6. The number of aromatic carboxylic acids is 1. The maximum atomic E-state index is 10.6. The van der Waals surface area contributed by atoms with E-state index in [0.717, 1.165) is 5.56 Å². The second-order valence-corrected chi connectivity index (χ2v) is 3.23. The lowest BCUT2D eigenvalue weighted by Crippen LogP contribution is -2.13. The van der Waals surface area contributed by atoms with Crippen LogP contribution in [-0.2, 0) is 4.74 Å². The fourth-order valence-electron chi connectivity index (χ4n) is 1.20. The van der Waals surface area contributed by atoms with Crippen molar-refractivity contribution in [3.05, 3.63) is 35.4 Å². The summed E-state index contributed by atoms with van der Waals surface area (Å²) in [6.07, 6.45) is -0.0414. The van der Waals surface area contributed by atoms with Gasteiger partial charge in [0.15, 0.2) is 0 Å². The Labute approximate surface area is 88.9 Å². The summed E-state index contributed by atoms with van der Waals surface area (Å²) >= 11 is 0. The Morgan fingerprint density at radius 1 is 1.47 bits per heavy atom. The number of carboxylic acid groups (broad SMARTS) is 1. The van der Waals surface area contributed by atoms with Crippen LogP contribution in [0.4, 0.5) is 0 Å². The molecule has 1 aromatic rings. The van der Waals surface area contributed by atoms with Gasteiger partial charge in [-0.1, -0.05) is 12.1 Å². The molecule has 0 aromatic heterocycles. The zero-order valence-electron chi connectivity index (χ0n) is 8.86. The quantitative estimate of drug-likeness (QED) is 0.724. The fourth-order valence-corrected chi connectivity index (χ4v) is 1.20. The van der Waals surface area contributed by atoms with E-state index in [2.05, 4.69) is 5.32 Å². The molecule has 15 heavy (non-hydrogen) atoms. The number of carbonyl (C=O) groups is 1. The van der Waals surface area contributed by atoms with E-state index in [4.69, 9.17) is 9.84 Å². The second-order valence-electron chi connectivity index (χ2n) is 3.23. The minimum atomic E-state index is -0.912. The molecule has 0 saturated heterocycles. The van der Waals surface area contributed by atoms with Crippen LogP contribution in [0.5, 0.6) is 0 Å². The third kappa shape index (κ3) is 3.34. The first-order valence-electron chi connectivity index (χ1n) is 4.74. The van der Waals surface area contributed by atoms with Crippen LogP contribution in [0.15, 0.2) is 24.3 Å². The van der Waals surface area contributed by atoms with Crippen molar-refractivity contribution in [2.45, 2.75) is 13.0 Å². The van der Waals surface area contributed by atoms with E-state index in [1.54, 1.807) is 31.3 Å². The van der Waals surface area contributed by atoms with E-state index in [1.807, 2.05) is 6.92 Å². The molecule has 1 aromatic carbocycles. The van der Waals surface area contributed by atoms with Gasteiger partial charge in [0, 0.05) is 0 Å². The van der Waals surface area contributed by atoms with Gasteiger partial charge in [0.2, 0.25) is 0 Å². The molecule has 0 aliphatic carbocycles. The van der Waals surface area contributed by atoms with Crippen LogP contribution in [0, 0.1) is 0 Å². The Hall–Kier alpha value is -1.39. The van der Waals surface area contributed by atoms with E-state index in [9.17, 15) is 4.79 Å². The Balaban J connectivity index is 2.66. The van der Waals surface area contributed by atoms with Gasteiger partial charge in [0.25, 0.3) is 0 Å². The van der Waals surface area contributed by atoms with E-state index < -0.39 is 5.97 Å². The number of rotatable bonds is 5. The Morgan fingerprint density at radius 3 is 2.53 bits per heavy atom. The largest absolute Gasteiger partial charge is 0.478 e. The van der Waals surface area contributed by atoms with Crippen molar-refractivity contribution in [1.82, 2.24) is 5.32 Å². The van der Waals surface area contributed by atoms with Crippen LogP contribution < -0.4 is 5.32 Å². The van der Waals surface area contributed by atoms with Crippen molar-refractivity contribution in [2.24, 2.45) is 0 Å². The van der Waals surface area contributed by atoms with Gasteiger partial charge in [0.1, 0.15) is 0 Å². The van der Waals surface area contributed by atoms with E-state index in [-0.39, 0.29) is 6.10 Å². The molecule has 0 spiro atoms. The highest BCUT2D eigenvalue weighted by Gasteiger charge is 2.07. The highest BCUT2D eigenvalue weighted by molar-refractivity contribution is 5.87. The normalized spacial score (nSPS) is 12.4. The number of carboxylic acids is 1. The third-order valence-electron chi connectivity index (χ3n) is 2.10. The molecule has 4 nitrogen and oxygen atoms in total. The fraction of sp³-hybridized carbons (Fsp3) is 0.364. The summed E-state index contributed by atoms with van der Waals surface area (Å²) in [4.78, 5) is 10.6. The first-order valence-corrected chi connectivity index (χ1v) is 4.74. The molecule has 4 heteroatoms. The standard InChI is InChI=1S/C11H15NO3/c1-8(15-7-12-2)9-3-5-10(6-4-9)11(13)14/h3-6,8,12H,7H2,1-2H3,(H,13,14). The number of benzene rings is 1. The molecule has 0 fully saturated rings. The molecule has 0 aliphatic heterocycles. The summed E-state index contributed by atoms with van der Waals surface area (Å²) in [5, 5.41) is 11.6. The Morgan fingerprint density at radius 2 is 2.07 bits per heavy atom. The number of nitrogens with one attached hydrogen (secondary N) is 1. The summed E-state index contributed by atoms with van der Waals surface area (Å²) < 4.78 is 5.42. The maximum Gasteiger partial charge on any atom is 0.335 e. The molecule has 1 rings (SSSR count). The smallest absolute Gasteiger partial charge is 0.335 e. The van der Waals surface area contributed by atoms with Gasteiger partial charge in [0.05, 0.1) is 18.4 Å². The third-order valence-corrected chi connectivity index (χ3v) is 2.10. The van der Waals surface area contributed by atoms with Crippen molar-refractivity contribution < 1.29 is 14.6 Å². The van der Waals surface area contributed by atoms with Gasteiger partial charge < -0.3 is 9.84 Å². The molecule has 82 valence electrons. The first kappa shape index (κ1) is 11.7. The molecular formula is C11H15NO3. The molecule has 1 atom stereocenters. The average Bonchev–Trinajstić information content (AvgIpc) is 2.26. The summed E-state index contributed by atoms with van der Waals surface area (Å²) in [5.74, 6) is -0.912. The molecule has 0 radical (unpaired) electrons. The summed E-state index contributed by atoms with van der Waals surface area (Å²) in [5.41, 5.74) is 1.26. The highest BCUT2D eigenvalue weighted by Crippen LogP contribution is 2.16. The minimum Gasteiger partial charge on any atom is -0.478 e. The van der Waals surface area contributed by atoms with Crippen molar-refractivity contribution in [2.75, 3.05) is 13.8 Å². The summed E-state index contributed by atoms with van der Waals surface area (Å²) in [7, 11) is 1.81. The molecule has 1 unspecified atom stereocenters. The van der Waals surface area contributed by atoms with Crippen molar-refractivity contribution in [3.63, 3.8) is 0 Å². The molecule has 0 bridgehead atoms. The van der Waals surface area contributed by atoms with Gasteiger partial charge in [-0.15, -0.1) is 0 Å². The Bertz CT molecular complexity index is 321. The van der Waals surface area contributed by atoms with Gasteiger partial charge in [-0.05, 0) is 31.7 Å². The predicted molar refractivity (Wildman–Crippen MR) is 56.8 cm³/mol. The van der Waals surface area contributed by atoms with Gasteiger partial charge >= 0.3 is 5.97 Å². The van der Waals surface area contributed by atoms with E-state index >= 15 is 0 Å². The lowest BCUT2D eigenvalue weighted by Gasteiger charge is -2.12.